The van der Waals surface area contributed by atoms with Crippen LogP contribution in [0.5, 0.6) is 0 Å². The molecule has 0 radical (unpaired) electrons. The summed E-state index contributed by atoms with van der Waals surface area (Å²) < 4.78 is 0. The molecule has 19 heavy (non-hydrogen) atoms. The van der Waals surface area contributed by atoms with E-state index in [9.17, 15) is 4.79 Å². The highest BCUT2D eigenvalue weighted by atomic mass is 16.2. The smallest absolute Gasteiger partial charge is 0.255 e. The van der Waals surface area contributed by atoms with Gasteiger partial charge in [0.2, 0.25) is 0 Å². The Balaban J connectivity index is 1.89. The van der Waals surface area contributed by atoms with E-state index in [4.69, 9.17) is 0 Å². The van der Waals surface area contributed by atoms with Crippen LogP contribution in [0, 0.1) is 0 Å². The minimum absolute atomic E-state index is 0.0649. The zero-order valence-electron chi connectivity index (χ0n) is 10.9. The molecule has 1 atom stereocenters. The maximum atomic E-state index is 12.5. The largest absolute Gasteiger partial charge is 0.331 e. The van der Waals surface area contributed by atoms with Crippen molar-refractivity contribution in [2.45, 2.75) is 25.9 Å². The second-order valence-corrected chi connectivity index (χ2v) is 5.00. The summed E-state index contributed by atoms with van der Waals surface area (Å²) in [5, 5.41) is 0. The first kappa shape index (κ1) is 11.9. The van der Waals surface area contributed by atoms with E-state index in [2.05, 4.69) is 30.1 Å². The summed E-state index contributed by atoms with van der Waals surface area (Å²) in [7, 11) is 0. The fourth-order valence-corrected chi connectivity index (χ4v) is 2.61. The van der Waals surface area contributed by atoms with Crippen molar-refractivity contribution in [3.8, 4) is 0 Å². The molecule has 3 rings (SSSR count). The van der Waals surface area contributed by atoms with Gasteiger partial charge in [0, 0.05) is 25.0 Å². The van der Waals surface area contributed by atoms with Gasteiger partial charge in [-0.25, -0.2) is 0 Å². The van der Waals surface area contributed by atoms with Crippen molar-refractivity contribution < 1.29 is 4.79 Å². The molecule has 1 aliphatic heterocycles. The predicted molar refractivity (Wildman–Crippen MR) is 73.7 cm³/mol. The number of aromatic nitrogens is 1. The fraction of sp³-hybridized carbons (Fsp3) is 0.250. The normalized spacial score (nSPS) is 17.9. The van der Waals surface area contributed by atoms with Crippen molar-refractivity contribution >= 4 is 5.91 Å². The number of hydrogen-bond acceptors (Lipinski definition) is 2. The fourth-order valence-electron chi connectivity index (χ4n) is 2.61. The molecule has 1 aliphatic rings. The third-order valence-electron chi connectivity index (χ3n) is 3.68. The topological polar surface area (TPSA) is 33.2 Å². The molecule has 0 aliphatic carbocycles. The van der Waals surface area contributed by atoms with Crippen LogP contribution in [-0.4, -0.2) is 21.8 Å². The monoisotopic (exact) mass is 252 g/mol. The van der Waals surface area contributed by atoms with Crippen molar-refractivity contribution in [2.75, 3.05) is 0 Å². The summed E-state index contributed by atoms with van der Waals surface area (Å²) in [6.07, 6.45) is 4.24. The lowest BCUT2D eigenvalue weighted by atomic mass is 9.94. The summed E-state index contributed by atoms with van der Waals surface area (Å²) in [4.78, 5) is 18.5. The number of pyridine rings is 1. The molecule has 0 saturated heterocycles. The molecule has 0 saturated carbocycles. The molecule has 1 amide bonds. The van der Waals surface area contributed by atoms with E-state index in [1.165, 1.54) is 11.1 Å². The van der Waals surface area contributed by atoms with Gasteiger partial charge in [-0.1, -0.05) is 24.3 Å². The quantitative estimate of drug-likeness (QED) is 0.781. The lowest BCUT2D eigenvalue weighted by Gasteiger charge is -2.35. The number of carbonyl (C=O) groups excluding carboxylic acids is 1. The number of amides is 1. The van der Waals surface area contributed by atoms with Gasteiger partial charge < -0.3 is 4.90 Å². The van der Waals surface area contributed by atoms with Crippen molar-refractivity contribution in [1.29, 1.82) is 0 Å². The lowest BCUT2D eigenvalue weighted by Crippen LogP contribution is -2.42. The van der Waals surface area contributed by atoms with Gasteiger partial charge in [-0.15, -0.1) is 0 Å². The average Bonchev–Trinajstić information content (AvgIpc) is 2.47. The predicted octanol–water partition coefficient (Wildman–Crippen LogP) is 2.67. The molecule has 3 nitrogen and oxygen atoms in total. The van der Waals surface area contributed by atoms with Crippen LogP contribution in [-0.2, 0) is 13.0 Å². The molecule has 0 bridgehead atoms. The zero-order valence-corrected chi connectivity index (χ0v) is 10.9. The van der Waals surface area contributed by atoms with Crippen LogP contribution in [0.2, 0.25) is 0 Å². The maximum absolute atomic E-state index is 12.5. The van der Waals surface area contributed by atoms with Crippen LogP contribution < -0.4 is 0 Å². The van der Waals surface area contributed by atoms with Gasteiger partial charge in [0.25, 0.3) is 5.91 Å². The van der Waals surface area contributed by atoms with Gasteiger partial charge in [0.05, 0.1) is 5.56 Å². The summed E-state index contributed by atoms with van der Waals surface area (Å²) in [6, 6.07) is 12.2. The summed E-state index contributed by atoms with van der Waals surface area (Å²) >= 11 is 0. The first-order valence-electron chi connectivity index (χ1n) is 6.53. The highest BCUT2D eigenvalue weighted by Gasteiger charge is 2.27. The van der Waals surface area contributed by atoms with E-state index in [1.807, 2.05) is 17.0 Å². The average molecular weight is 252 g/mol. The van der Waals surface area contributed by atoms with Crippen LogP contribution in [0.25, 0.3) is 0 Å². The van der Waals surface area contributed by atoms with Crippen LogP contribution in [0.4, 0.5) is 0 Å². The van der Waals surface area contributed by atoms with Gasteiger partial charge in [-0.05, 0) is 36.6 Å². The Bertz CT molecular complexity index is 595. The first-order chi connectivity index (χ1) is 9.25. The summed E-state index contributed by atoms with van der Waals surface area (Å²) in [5.41, 5.74) is 3.26. The van der Waals surface area contributed by atoms with E-state index in [1.54, 1.807) is 18.5 Å². The van der Waals surface area contributed by atoms with Crippen LogP contribution in [0.15, 0.2) is 48.8 Å². The summed E-state index contributed by atoms with van der Waals surface area (Å²) in [6.45, 7) is 2.79. The highest BCUT2D eigenvalue weighted by Crippen LogP contribution is 2.24. The minimum atomic E-state index is 0.0649. The molecule has 0 spiro atoms. The van der Waals surface area contributed by atoms with Crippen molar-refractivity contribution in [3.63, 3.8) is 0 Å². The van der Waals surface area contributed by atoms with Crippen molar-refractivity contribution in [2.24, 2.45) is 0 Å². The third-order valence-corrected chi connectivity index (χ3v) is 3.68. The van der Waals surface area contributed by atoms with Gasteiger partial charge in [0.15, 0.2) is 0 Å². The Morgan fingerprint density at radius 1 is 1.21 bits per heavy atom. The standard InChI is InChI=1S/C16H16N2O/c1-12-9-13-5-2-3-6-15(13)11-18(12)16(19)14-7-4-8-17-10-14/h2-8,10,12H,9,11H2,1H3. The highest BCUT2D eigenvalue weighted by molar-refractivity contribution is 5.94. The SMILES string of the molecule is CC1Cc2ccccc2CN1C(=O)c1cccnc1. The van der Waals surface area contributed by atoms with Crippen molar-refractivity contribution in [3.05, 3.63) is 65.5 Å². The second kappa shape index (κ2) is 4.84. The van der Waals surface area contributed by atoms with Gasteiger partial charge in [-0.2, -0.15) is 0 Å². The van der Waals surface area contributed by atoms with E-state index in [0.717, 1.165) is 6.42 Å². The Kier molecular flexibility index (Phi) is 3.03. The molecule has 2 heterocycles. The molecule has 1 aromatic carbocycles. The number of nitrogens with zero attached hydrogens (tertiary/aromatic N) is 2. The molecule has 1 aromatic heterocycles. The van der Waals surface area contributed by atoms with Gasteiger partial charge in [-0.3, -0.25) is 9.78 Å². The van der Waals surface area contributed by atoms with Gasteiger partial charge >= 0.3 is 0 Å². The van der Waals surface area contributed by atoms with Crippen LogP contribution >= 0.6 is 0 Å². The Morgan fingerprint density at radius 2 is 2.00 bits per heavy atom. The van der Waals surface area contributed by atoms with Gasteiger partial charge in [0.1, 0.15) is 0 Å². The number of fused-ring (bicyclic) bond motifs is 1. The number of rotatable bonds is 1. The van der Waals surface area contributed by atoms with E-state index in [0.29, 0.717) is 12.1 Å². The molecular weight excluding hydrogens is 236 g/mol. The minimum Gasteiger partial charge on any atom is -0.331 e. The molecule has 0 fully saturated rings. The molecule has 3 heteroatoms. The zero-order chi connectivity index (χ0) is 13.2. The Labute approximate surface area is 112 Å². The second-order valence-electron chi connectivity index (χ2n) is 5.00. The number of hydrogen-bond donors (Lipinski definition) is 0. The van der Waals surface area contributed by atoms with Crippen molar-refractivity contribution in [1.82, 2.24) is 9.88 Å². The summed E-state index contributed by atoms with van der Waals surface area (Å²) in [5.74, 6) is 0.0649. The first-order valence-corrected chi connectivity index (χ1v) is 6.53. The maximum Gasteiger partial charge on any atom is 0.255 e. The Hall–Kier alpha value is -2.16. The Morgan fingerprint density at radius 3 is 2.74 bits per heavy atom. The molecular formula is C16H16N2O. The molecule has 2 aromatic rings. The van der Waals surface area contributed by atoms with Crippen LogP contribution in [0.3, 0.4) is 0 Å². The van der Waals surface area contributed by atoms with E-state index in [-0.39, 0.29) is 11.9 Å². The van der Waals surface area contributed by atoms with E-state index < -0.39 is 0 Å². The van der Waals surface area contributed by atoms with E-state index >= 15 is 0 Å². The lowest BCUT2D eigenvalue weighted by molar-refractivity contribution is 0.0658. The molecule has 0 N–H and O–H groups in total. The number of carbonyl (C=O) groups is 1. The number of benzene rings is 1. The third kappa shape index (κ3) is 2.24. The molecule has 96 valence electrons. The van der Waals surface area contributed by atoms with Crippen LogP contribution in [0.1, 0.15) is 28.4 Å². The molecule has 1 unspecified atom stereocenters.